The average Bonchev–Trinajstić information content (AvgIpc) is 3.19. The fraction of sp³-hybridized carbons (Fsp3) is 0.192. The molecule has 0 atom stereocenters. The molecule has 0 saturated heterocycles. The van der Waals surface area contributed by atoms with E-state index in [-0.39, 0.29) is 17.2 Å². The van der Waals surface area contributed by atoms with E-state index in [9.17, 15) is 18.3 Å². The van der Waals surface area contributed by atoms with Crippen LogP contribution >= 0.6 is 11.8 Å². The lowest BCUT2D eigenvalue weighted by Gasteiger charge is -2.23. The Bertz CT molecular complexity index is 1410. The van der Waals surface area contributed by atoms with Gasteiger partial charge in [0.05, 0.1) is 4.90 Å². The first kappa shape index (κ1) is 24.1. The fourth-order valence-corrected chi connectivity index (χ4v) is 5.69. The van der Waals surface area contributed by atoms with Gasteiger partial charge in [-0.25, -0.2) is 13.2 Å². The van der Waals surface area contributed by atoms with Gasteiger partial charge in [-0.3, -0.25) is 0 Å². The smallest absolute Gasteiger partial charge is 0.372 e. The van der Waals surface area contributed by atoms with Crippen molar-refractivity contribution in [1.82, 2.24) is 4.31 Å². The van der Waals surface area contributed by atoms with Gasteiger partial charge in [0, 0.05) is 28.9 Å². The van der Waals surface area contributed by atoms with Gasteiger partial charge in [0.1, 0.15) is 5.58 Å². The number of benzene rings is 3. The van der Waals surface area contributed by atoms with E-state index in [1.165, 1.54) is 22.5 Å². The van der Waals surface area contributed by atoms with Crippen molar-refractivity contribution in [3.05, 3.63) is 95.2 Å². The maximum atomic E-state index is 13.8. The van der Waals surface area contributed by atoms with Crippen molar-refractivity contribution in [1.29, 1.82) is 0 Å². The summed E-state index contributed by atoms with van der Waals surface area (Å²) in [5.41, 5.74) is 2.69. The molecule has 0 amide bonds. The predicted octanol–water partition coefficient (Wildman–Crippen LogP) is 5.59. The van der Waals surface area contributed by atoms with Gasteiger partial charge in [0.15, 0.2) is 0 Å². The molecule has 3 aromatic carbocycles. The highest BCUT2D eigenvalue weighted by molar-refractivity contribution is 7.98. The second-order valence-electron chi connectivity index (χ2n) is 7.94. The largest absolute Gasteiger partial charge is 0.475 e. The van der Waals surface area contributed by atoms with Crippen LogP contribution in [0.15, 0.2) is 87.0 Å². The number of carbonyl (C=O) groups is 1. The zero-order chi connectivity index (χ0) is 24.3. The van der Waals surface area contributed by atoms with Crippen molar-refractivity contribution in [3.63, 3.8) is 0 Å². The quantitative estimate of drug-likeness (QED) is 0.304. The standard InChI is InChI=1S/C26H25NO5S2/c1-18-23-16-22(12-13-24(23)32-25(18)26(28)29)34(30,31)27(15-14-19-6-4-3-5-7-19)17-20-8-10-21(33-2)11-9-20/h3-13,16H,14-15,17H2,1-2H3,(H,28,29). The third-order valence-electron chi connectivity index (χ3n) is 5.75. The number of thioether (sulfide) groups is 1. The van der Waals surface area contributed by atoms with Crippen molar-refractivity contribution in [2.75, 3.05) is 12.8 Å². The van der Waals surface area contributed by atoms with Crippen LogP contribution in [-0.4, -0.2) is 36.6 Å². The summed E-state index contributed by atoms with van der Waals surface area (Å²) in [6.45, 7) is 2.15. The molecule has 0 bridgehead atoms. The van der Waals surface area contributed by atoms with Crippen molar-refractivity contribution in [2.24, 2.45) is 0 Å². The number of aromatic carboxylic acids is 1. The van der Waals surface area contributed by atoms with Crippen molar-refractivity contribution in [3.8, 4) is 0 Å². The van der Waals surface area contributed by atoms with Gasteiger partial charge < -0.3 is 9.52 Å². The molecular formula is C26H25NO5S2. The molecule has 4 rings (SSSR count). The molecule has 1 heterocycles. The van der Waals surface area contributed by atoms with Crippen LogP contribution < -0.4 is 0 Å². The summed E-state index contributed by atoms with van der Waals surface area (Å²) in [4.78, 5) is 12.6. The molecule has 0 spiro atoms. The highest BCUT2D eigenvalue weighted by Crippen LogP contribution is 2.29. The van der Waals surface area contributed by atoms with Gasteiger partial charge in [0.25, 0.3) is 0 Å². The maximum absolute atomic E-state index is 13.8. The summed E-state index contributed by atoms with van der Waals surface area (Å²) in [7, 11) is -3.87. The Morgan fingerprint density at radius 3 is 2.35 bits per heavy atom. The van der Waals surface area contributed by atoms with Gasteiger partial charge in [-0.15, -0.1) is 11.8 Å². The topological polar surface area (TPSA) is 87.8 Å². The Morgan fingerprint density at radius 1 is 1.00 bits per heavy atom. The molecule has 0 fully saturated rings. The van der Waals surface area contributed by atoms with Crippen LogP contribution in [0.1, 0.15) is 27.2 Å². The highest BCUT2D eigenvalue weighted by Gasteiger charge is 2.26. The molecule has 0 unspecified atom stereocenters. The number of hydrogen-bond donors (Lipinski definition) is 1. The van der Waals surface area contributed by atoms with E-state index in [0.717, 1.165) is 16.0 Å². The number of nitrogens with zero attached hydrogens (tertiary/aromatic N) is 1. The van der Waals surface area contributed by atoms with E-state index < -0.39 is 16.0 Å². The molecule has 0 saturated carbocycles. The van der Waals surface area contributed by atoms with E-state index in [1.807, 2.05) is 60.9 Å². The number of hydrogen-bond acceptors (Lipinski definition) is 5. The fourth-order valence-electron chi connectivity index (χ4n) is 3.83. The van der Waals surface area contributed by atoms with Crippen LogP contribution in [0, 0.1) is 6.92 Å². The SMILES string of the molecule is CSc1ccc(CN(CCc2ccccc2)S(=O)(=O)c2ccc3oc(C(=O)O)c(C)c3c2)cc1. The molecule has 6 nitrogen and oxygen atoms in total. The van der Waals surface area contributed by atoms with Crippen molar-refractivity contribution < 1.29 is 22.7 Å². The number of carboxylic acid groups (broad SMARTS) is 1. The van der Waals surface area contributed by atoms with Crippen LogP contribution in [0.4, 0.5) is 0 Å². The molecule has 1 aromatic heterocycles. The third kappa shape index (κ3) is 5.04. The summed E-state index contributed by atoms with van der Waals surface area (Å²) in [6, 6.07) is 22.1. The molecule has 0 aliphatic heterocycles. The second kappa shape index (κ2) is 10.0. The number of sulfonamides is 1. The van der Waals surface area contributed by atoms with Crippen LogP contribution in [0.2, 0.25) is 0 Å². The summed E-state index contributed by atoms with van der Waals surface area (Å²) < 4.78 is 34.4. The average molecular weight is 496 g/mol. The molecule has 34 heavy (non-hydrogen) atoms. The van der Waals surface area contributed by atoms with Crippen LogP contribution in [0.3, 0.4) is 0 Å². The molecule has 0 radical (unpaired) electrons. The van der Waals surface area contributed by atoms with Crippen LogP contribution in [0.5, 0.6) is 0 Å². The number of rotatable bonds is 9. The van der Waals surface area contributed by atoms with E-state index in [1.54, 1.807) is 18.7 Å². The Kier molecular flexibility index (Phi) is 7.11. The molecule has 4 aromatic rings. The highest BCUT2D eigenvalue weighted by atomic mass is 32.2. The normalized spacial score (nSPS) is 11.9. The van der Waals surface area contributed by atoms with Gasteiger partial charge in [-0.05, 0) is 61.1 Å². The zero-order valence-corrected chi connectivity index (χ0v) is 20.5. The lowest BCUT2D eigenvalue weighted by Crippen LogP contribution is -2.32. The first-order valence-corrected chi connectivity index (χ1v) is 13.4. The number of fused-ring (bicyclic) bond motifs is 1. The first-order valence-electron chi connectivity index (χ1n) is 10.7. The first-order chi connectivity index (χ1) is 16.3. The minimum Gasteiger partial charge on any atom is -0.475 e. The Hall–Kier alpha value is -3.07. The van der Waals surface area contributed by atoms with Crippen LogP contribution in [-0.2, 0) is 23.0 Å². The summed E-state index contributed by atoms with van der Waals surface area (Å²) in [5.74, 6) is -1.37. The van der Waals surface area contributed by atoms with Gasteiger partial charge in [0.2, 0.25) is 15.8 Å². The molecule has 8 heteroatoms. The number of carboxylic acids is 1. The van der Waals surface area contributed by atoms with E-state index in [0.29, 0.717) is 29.5 Å². The predicted molar refractivity (Wildman–Crippen MR) is 134 cm³/mol. The summed E-state index contributed by atoms with van der Waals surface area (Å²) >= 11 is 1.63. The van der Waals surface area contributed by atoms with E-state index >= 15 is 0 Å². The minimum atomic E-state index is -3.87. The lowest BCUT2D eigenvalue weighted by atomic mass is 10.1. The van der Waals surface area contributed by atoms with Gasteiger partial charge in [-0.2, -0.15) is 4.31 Å². The van der Waals surface area contributed by atoms with E-state index in [2.05, 4.69) is 0 Å². The number of aryl methyl sites for hydroxylation is 1. The summed E-state index contributed by atoms with van der Waals surface area (Å²) in [6.07, 6.45) is 2.56. The molecule has 0 aliphatic carbocycles. The molecule has 0 aliphatic rings. The molecular weight excluding hydrogens is 470 g/mol. The Labute approximate surface area is 203 Å². The van der Waals surface area contributed by atoms with Crippen molar-refractivity contribution in [2.45, 2.75) is 29.7 Å². The third-order valence-corrected chi connectivity index (χ3v) is 8.34. The Morgan fingerprint density at radius 2 is 1.71 bits per heavy atom. The van der Waals surface area contributed by atoms with Gasteiger partial charge in [-0.1, -0.05) is 42.5 Å². The molecule has 176 valence electrons. The second-order valence-corrected chi connectivity index (χ2v) is 10.8. The van der Waals surface area contributed by atoms with Crippen LogP contribution in [0.25, 0.3) is 11.0 Å². The van der Waals surface area contributed by atoms with Gasteiger partial charge >= 0.3 is 5.97 Å². The Balaban J connectivity index is 1.70. The maximum Gasteiger partial charge on any atom is 0.372 e. The monoisotopic (exact) mass is 495 g/mol. The lowest BCUT2D eigenvalue weighted by molar-refractivity contribution is 0.0664. The van der Waals surface area contributed by atoms with Crippen molar-refractivity contribution >= 4 is 38.7 Å². The van der Waals surface area contributed by atoms with E-state index in [4.69, 9.17) is 4.42 Å². The summed E-state index contributed by atoms with van der Waals surface area (Å²) in [5, 5.41) is 9.82. The zero-order valence-electron chi connectivity index (χ0n) is 18.9. The minimum absolute atomic E-state index is 0.106. The molecule has 1 N–H and O–H groups in total. The number of furan rings is 1.